The molecule has 1 fully saturated rings. The average molecular weight is 480 g/mol. The highest BCUT2D eigenvalue weighted by Crippen LogP contribution is 2.20. The van der Waals surface area contributed by atoms with Crippen molar-refractivity contribution in [2.45, 2.75) is 38.3 Å². The Kier molecular flexibility index (Phi) is 7.77. The van der Waals surface area contributed by atoms with Crippen molar-refractivity contribution in [3.63, 3.8) is 0 Å². The number of hydrogen-bond donors (Lipinski definition) is 2. The number of amides is 2. The number of rotatable bonds is 9. The largest absolute Gasteiger partial charge is 0.486 e. The van der Waals surface area contributed by atoms with Gasteiger partial charge in [0.25, 0.3) is 11.8 Å². The molecule has 4 rings (SSSR count). The Bertz CT molecular complexity index is 1180. The standard InChI is InChI=1S/C26H25FN2O6/c27-17-9-11-19(12-10-17)33-15-20-13-14-23(35-20)26(32)34-16-24(30)29-22-8-4-3-7-21(22)25(31)28-18-5-1-2-6-18/h3-4,7-14,18H,1-2,5-6,15-16H2,(H,28,31)(H,29,30). The molecular formula is C26H25FN2O6. The fourth-order valence-corrected chi connectivity index (χ4v) is 3.76. The van der Waals surface area contributed by atoms with Gasteiger partial charge in [0.1, 0.15) is 23.9 Å². The van der Waals surface area contributed by atoms with Crippen molar-refractivity contribution in [2.75, 3.05) is 11.9 Å². The van der Waals surface area contributed by atoms with Gasteiger partial charge in [-0.2, -0.15) is 0 Å². The van der Waals surface area contributed by atoms with Gasteiger partial charge in [0.15, 0.2) is 6.61 Å². The minimum atomic E-state index is -0.819. The van der Waals surface area contributed by atoms with E-state index in [0.717, 1.165) is 25.7 Å². The molecular weight excluding hydrogens is 455 g/mol. The summed E-state index contributed by atoms with van der Waals surface area (Å²) in [5.41, 5.74) is 0.679. The monoisotopic (exact) mass is 480 g/mol. The van der Waals surface area contributed by atoms with Gasteiger partial charge < -0.3 is 24.5 Å². The summed E-state index contributed by atoms with van der Waals surface area (Å²) in [7, 11) is 0. The first kappa shape index (κ1) is 24.0. The lowest BCUT2D eigenvalue weighted by atomic mass is 10.1. The second-order valence-electron chi connectivity index (χ2n) is 8.13. The number of carbonyl (C=O) groups excluding carboxylic acids is 3. The van der Waals surface area contributed by atoms with Crippen molar-refractivity contribution >= 4 is 23.5 Å². The first-order valence-corrected chi connectivity index (χ1v) is 11.3. The van der Waals surface area contributed by atoms with E-state index < -0.39 is 18.5 Å². The number of hydrogen-bond acceptors (Lipinski definition) is 6. The van der Waals surface area contributed by atoms with E-state index in [2.05, 4.69) is 10.6 Å². The van der Waals surface area contributed by atoms with Crippen LogP contribution in [0.1, 0.15) is 52.4 Å². The Morgan fingerprint density at radius 1 is 0.971 bits per heavy atom. The molecule has 2 aromatic carbocycles. The van der Waals surface area contributed by atoms with Crippen LogP contribution in [0.3, 0.4) is 0 Å². The van der Waals surface area contributed by atoms with Crippen LogP contribution in [0.25, 0.3) is 0 Å². The molecule has 35 heavy (non-hydrogen) atoms. The number of benzene rings is 2. The molecule has 1 aliphatic carbocycles. The topological polar surface area (TPSA) is 107 Å². The van der Waals surface area contributed by atoms with Gasteiger partial charge in [-0.3, -0.25) is 9.59 Å². The SMILES string of the molecule is O=C(COC(=O)c1ccc(COc2ccc(F)cc2)o1)Nc1ccccc1C(=O)NC1CCCC1. The smallest absolute Gasteiger partial charge is 0.374 e. The predicted octanol–water partition coefficient (Wildman–Crippen LogP) is 4.47. The van der Waals surface area contributed by atoms with E-state index >= 15 is 0 Å². The van der Waals surface area contributed by atoms with Gasteiger partial charge in [0.2, 0.25) is 5.76 Å². The molecule has 182 valence electrons. The Morgan fingerprint density at radius 2 is 1.71 bits per heavy atom. The number of nitrogens with one attached hydrogen (secondary N) is 2. The quantitative estimate of drug-likeness (QED) is 0.438. The number of furan rings is 1. The highest BCUT2D eigenvalue weighted by molar-refractivity contribution is 6.04. The van der Waals surface area contributed by atoms with Crippen molar-refractivity contribution in [1.82, 2.24) is 5.32 Å². The zero-order valence-corrected chi connectivity index (χ0v) is 18.9. The van der Waals surface area contributed by atoms with Crippen LogP contribution in [0.4, 0.5) is 10.1 Å². The Morgan fingerprint density at radius 3 is 2.49 bits per heavy atom. The second-order valence-corrected chi connectivity index (χ2v) is 8.13. The Hall–Kier alpha value is -4.14. The van der Waals surface area contributed by atoms with Gasteiger partial charge >= 0.3 is 5.97 Å². The van der Waals surface area contributed by atoms with E-state index in [1.165, 1.54) is 30.3 Å². The molecule has 1 saturated carbocycles. The van der Waals surface area contributed by atoms with Crippen LogP contribution >= 0.6 is 0 Å². The summed E-state index contributed by atoms with van der Waals surface area (Å²) in [5, 5.41) is 5.61. The van der Waals surface area contributed by atoms with E-state index in [1.54, 1.807) is 30.3 Å². The van der Waals surface area contributed by atoms with Crippen LogP contribution in [0.2, 0.25) is 0 Å². The third-order valence-electron chi connectivity index (χ3n) is 5.53. The van der Waals surface area contributed by atoms with Crippen LogP contribution in [-0.2, 0) is 16.1 Å². The summed E-state index contributed by atoms with van der Waals surface area (Å²) in [6.07, 6.45) is 4.08. The van der Waals surface area contributed by atoms with Crippen LogP contribution in [0.15, 0.2) is 65.1 Å². The molecule has 0 saturated heterocycles. The molecule has 0 spiro atoms. The maximum atomic E-state index is 13.0. The van der Waals surface area contributed by atoms with Crippen molar-refractivity contribution in [1.29, 1.82) is 0 Å². The molecule has 2 amide bonds. The van der Waals surface area contributed by atoms with Gasteiger partial charge in [0, 0.05) is 6.04 Å². The molecule has 0 atom stereocenters. The third kappa shape index (κ3) is 6.69. The van der Waals surface area contributed by atoms with E-state index in [9.17, 15) is 18.8 Å². The van der Waals surface area contributed by atoms with E-state index in [1.807, 2.05) is 0 Å². The van der Waals surface area contributed by atoms with Crippen molar-refractivity contribution in [2.24, 2.45) is 0 Å². The minimum Gasteiger partial charge on any atom is -0.486 e. The molecule has 9 heteroatoms. The number of esters is 1. The van der Waals surface area contributed by atoms with Crippen molar-refractivity contribution < 1.29 is 32.7 Å². The van der Waals surface area contributed by atoms with Gasteiger partial charge in [-0.1, -0.05) is 25.0 Å². The van der Waals surface area contributed by atoms with Crippen LogP contribution in [0, 0.1) is 5.82 Å². The molecule has 0 radical (unpaired) electrons. The number of ether oxygens (including phenoxy) is 2. The van der Waals surface area contributed by atoms with Crippen LogP contribution in [-0.4, -0.2) is 30.4 Å². The lowest BCUT2D eigenvalue weighted by Gasteiger charge is -2.15. The van der Waals surface area contributed by atoms with Crippen LogP contribution in [0.5, 0.6) is 5.75 Å². The second kappa shape index (κ2) is 11.3. The fourth-order valence-electron chi connectivity index (χ4n) is 3.76. The summed E-state index contributed by atoms with van der Waals surface area (Å²) in [6.45, 7) is -0.529. The lowest BCUT2D eigenvalue weighted by Crippen LogP contribution is -2.33. The van der Waals surface area contributed by atoms with Gasteiger partial charge in [-0.05, 0) is 61.4 Å². The van der Waals surface area contributed by atoms with Crippen LogP contribution < -0.4 is 15.4 Å². The molecule has 1 heterocycles. The summed E-state index contributed by atoms with van der Waals surface area (Å²) in [4.78, 5) is 37.2. The van der Waals surface area contributed by atoms with E-state index in [0.29, 0.717) is 22.8 Å². The molecule has 8 nitrogen and oxygen atoms in total. The molecule has 0 bridgehead atoms. The number of anilines is 1. The normalized spacial score (nSPS) is 13.3. The molecule has 1 aromatic heterocycles. The molecule has 0 unspecified atom stereocenters. The average Bonchev–Trinajstić information content (AvgIpc) is 3.55. The number of para-hydroxylation sites is 1. The molecule has 2 N–H and O–H groups in total. The zero-order chi connectivity index (χ0) is 24.6. The van der Waals surface area contributed by atoms with Crippen molar-refractivity contribution in [3.8, 4) is 5.75 Å². The highest BCUT2D eigenvalue weighted by atomic mass is 19.1. The van der Waals surface area contributed by atoms with Gasteiger partial charge in [-0.25, -0.2) is 9.18 Å². The first-order chi connectivity index (χ1) is 17.0. The van der Waals surface area contributed by atoms with E-state index in [4.69, 9.17) is 13.9 Å². The predicted molar refractivity (Wildman–Crippen MR) is 125 cm³/mol. The maximum Gasteiger partial charge on any atom is 0.374 e. The minimum absolute atomic E-state index is 0.0269. The zero-order valence-electron chi connectivity index (χ0n) is 18.9. The molecule has 3 aromatic rings. The Balaban J connectivity index is 1.26. The fraction of sp³-hybridized carbons (Fsp3) is 0.269. The molecule has 1 aliphatic rings. The maximum absolute atomic E-state index is 13.0. The summed E-state index contributed by atoms with van der Waals surface area (Å²) in [5.74, 6) is -1.33. The third-order valence-corrected chi connectivity index (χ3v) is 5.53. The number of carbonyl (C=O) groups is 3. The van der Waals surface area contributed by atoms with Gasteiger partial charge in [0.05, 0.1) is 11.3 Å². The number of halogens is 1. The van der Waals surface area contributed by atoms with E-state index in [-0.39, 0.29) is 30.1 Å². The highest BCUT2D eigenvalue weighted by Gasteiger charge is 2.21. The Labute approximate surface area is 201 Å². The van der Waals surface area contributed by atoms with Crippen molar-refractivity contribution in [3.05, 3.63) is 83.6 Å². The summed E-state index contributed by atoms with van der Waals surface area (Å²) < 4.78 is 28.8. The molecule has 0 aliphatic heterocycles. The summed E-state index contributed by atoms with van der Waals surface area (Å²) in [6, 6.07) is 15.2. The first-order valence-electron chi connectivity index (χ1n) is 11.3. The van der Waals surface area contributed by atoms with Gasteiger partial charge in [-0.15, -0.1) is 0 Å². The summed E-state index contributed by atoms with van der Waals surface area (Å²) >= 11 is 0. The lowest BCUT2D eigenvalue weighted by molar-refractivity contribution is -0.119.